The summed E-state index contributed by atoms with van der Waals surface area (Å²) in [5, 5.41) is 8.81. The van der Waals surface area contributed by atoms with E-state index in [-0.39, 0.29) is 18.5 Å². The molecule has 1 atom stereocenters. The molecular weight excluding hydrogens is 403 g/mol. The van der Waals surface area contributed by atoms with Crippen LogP contribution in [0.4, 0.5) is 10.5 Å². The van der Waals surface area contributed by atoms with Crippen LogP contribution in [0.25, 0.3) is 0 Å². The van der Waals surface area contributed by atoms with Gasteiger partial charge in [-0.1, -0.05) is 36.0 Å². The minimum atomic E-state index is -0.468. The van der Waals surface area contributed by atoms with Gasteiger partial charge in [-0.2, -0.15) is 0 Å². The van der Waals surface area contributed by atoms with Crippen LogP contribution in [0.5, 0.6) is 0 Å². The first-order valence-electron chi connectivity index (χ1n) is 9.52. The zero-order valence-corrected chi connectivity index (χ0v) is 17.0. The van der Waals surface area contributed by atoms with Crippen LogP contribution in [0, 0.1) is 0 Å². The van der Waals surface area contributed by atoms with Crippen molar-refractivity contribution in [3.05, 3.63) is 28.2 Å². The molecule has 0 bridgehead atoms. The topological polar surface area (TPSA) is 90.5 Å². The number of anilines is 1. The average Bonchev–Trinajstić information content (AvgIpc) is 3.29. The number of likely N-dealkylation sites (tertiary alicyclic amines) is 1. The van der Waals surface area contributed by atoms with Gasteiger partial charge in [0.15, 0.2) is 0 Å². The van der Waals surface area contributed by atoms with Crippen molar-refractivity contribution in [2.24, 2.45) is 0 Å². The molecule has 0 spiro atoms. The van der Waals surface area contributed by atoms with E-state index < -0.39 is 18.0 Å². The Labute approximate surface area is 174 Å². The third kappa shape index (κ3) is 5.59. The Morgan fingerprint density at radius 2 is 1.82 bits per heavy atom. The number of carbonyl (C=O) groups excluding carboxylic acids is 3. The van der Waals surface area contributed by atoms with Crippen molar-refractivity contribution in [2.45, 2.75) is 50.6 Å². The van der Waals surface area contributed by atoms with E-state index in [4.69, 9.17) is 23.2 Å². The Hall–Kier alpha value is -1.83. The fraction of sp³-hybridized carbons (Fsp3) is 0.526. The third-order valence-corrected chi connectivity index (χ3v) is 5.69. The van der Waals surface area contributed by atoms with E-state index in [1.807, 2.05) is 0 Å². The molecule has 9 heteroatoms. The maximum atomic E-state index is 12.6. The van der Waals surface area contributed by atoms with Crippen LogP contribution >= 0.6 is 23.2 Å². The fourth-order valence-corrected chi connectivity index (χ4v) is 4.22. The largest absolute Gasteiger partial charge is 0.335 e. The van der Waals surface area contributed by atoms with E-state index in [1.54, 1.807) is 23.1 Å². The van der Waals surface area contributed by atoms with Crippen molar-refractivity contribution in [1.82, 2.24) is 15.5 Å². The number of amides is 4. The van der Waals surface area contributed by atoms with Gasteiger partial charge in [0.1, 0.15) is 0 Å². The summed E-state index contributed by atoms with van der Waals surface area (Å²) < 4.78 is 0. The van der Waals surface area contributed by atoms with Crippen LogP contribution in [-0.2, 0) is 9.59 Å². The predicted octanol–water partition coefficient (Wildman–Crippen LogP) is 3.16. The lowest BCUT2D eigenvalue weighted by atomic mass is 10.2. The zero-order valence-electron chi connectivity index (χ0n) is 15.5. The summed E-state index contributed by atoms with van der Waals surface area (Å²) in [5.74, 6) is -0.648. The molecule has 3 rings (SSSR count). The van der Waals surface area contributed by atoms with Gasteiger partial charge in [0.2, 0.25) is 11.8 Å². The molecular formula is C19H24Cl2N4O3. The van der Waals surface area contributed by atoms with Gasteiger partial charge in [0, 0.05) is 11.1 Å². The lowest BCUT2D eigenvalue weighted by Crippen LogP contribution is -2.49. The van der Waals surface area contributed by atoms with Crippen LogP contribution < -0.4 is 16.0 Å². The highest BCUT2D eigenvalue weighted by atomic mass is 35.5. The van der Waals surface area contributed by atoms with E-state index in [0.717, 1.165) is 32.1 Å². The van der Waals surface area contributed by atoms with Crippen LogP contribution in [-0.4, -0.2) is 47.9 Å². The minimum Gasteiger partial charge on any atom is -0.335 e. The van der Waals surface area contributed by atoms with E-state index in [9.17, 15) is 14.4 Å². The second-order valence-electron chi connectivity index (χ2n) is 7.24. The van der Waals surface area contributed by atoms with Crippen molar-refractivity contribution in [2.75, 3.05) is 18.4 Å². The lowest BCUT2D eigenvalue weighted by molar-refractivity contribution is -0.124. The number of carbonyl (C=O) groups is 3. The van der Waals surface area contributed by atoms with E-state index in [1.165, 1.54) is 0 Å². The lowest BCUT2D eigenvalue weighted by Gasteiger charge is -2.23. The maximum Gasteiger partial charge on any atom is 0.321 e. The van der Waals surface area contributed by atoms with Crippen molar-refractivity contribution < 1.29 is 14.4 Å². The van der Waals surface area contributed by atoms with Gasteiger partial charge in [0.25, 0.3) is 0 Å². The summed E-state index contributed by atoms with van der Waals surface area (Å²) in [6.07, 6.45) is 5.53. The first kappa shape index (κ1) is 20.9. The molecule has 2 aliphatic rings. The van der Waals surface area contributed by atoms with Crippen LogP contribution in [0.2, 0.25) is 10.0 Å². The second kappa shape index (κ2) is 9.58. The highest BCUT2D eigenvalue weighted by Gasteiger charge is 2.32. The molecule has 0 unspecified atom stereocenters. The van der Waals surface area contributed by atoms with Crippen LogP contribution in [0.1, 0.15) is 38.5 Å². The number of hydrogen-bond acceptors (Lipinski definition) is 4. The molecule has 1 aromatic carbocycles. The normalized spacial score (nSPS) is 20.1. The molecule has 0 aromatic heterocycles. The third-order valence-electron chi connectivity index (χ3n) is 5.15. The molecule has 3 N–H and O–H groups in total. The SMILES string of the molecule is O=C(CN1CCC[C@H]1C(=O)Nc1ccc(Cl)cc1Cl)NC(=O)NC1CCCC1. The number of urea groups is 1. The molecule has 152 valence electrons. The predicted molar refractivity (Wildman–Crippen MR) is 109 cm³/mol. The highest BCUT2D eigenvalue weighted by molar-refractivity contribution is 6.36. The number of nitrogens with zero attached hydrogens (tertiary/aromatic N) is 1. The Balaban J connectivity index is 1.51. The standard InChI is InChI=1S/C19H24Cl2N4O3/c20-12-7-8-15(14(21)10-12)23-18(27)16-6-3-9-25(16)11-17(26)24-19(28)22-13-4-1-2-5-13/h7-8,10,13,16H,1-6,9,11H2,(H,23,27)(H2,22,24,26,28)/t16-/m0/s1. The van der Waals surface area contributed by atoms with E-state index >= 15 is 0 Å². The molecule has 1 aromatic rings. The molecule has 2 fully saturated rings. The Bertz CT molecular complexity index is 753. The van der Waals surface area contributed by atoms with E-state index in [2.05, 4.69) is 16.0 Å². The first-order valence-corrected chi connectivity index (χ1v) is 10.3. The maximum absolute atomic E-state index is 12.6. The summed E-state index contributed by atoms with van der Waals surface area (Å²) in [5.41, 5.74) is 0.475. The molecule has 7 nitrogen and oxygen atoms in total. The zero-order chi connectivity index (χ0) is 20.1. The quantitative estimate of drug-likeness (QED) is 0.674. The number of benzene rings is 1. The van der Waals surface area contributed by atoms with Crippen molar-refractivity contribution in [3.8, 4) is 0 Å². The summed E-state index contributed by atoms with van der Waals surface area (Å²) >= 11 is 12.0. The van der Waals surface area contributed by atoms with Gasteiger partial charge in [0.05, 0.1) is 23.3 Å². The Kier molecular flexibility index (Phi) is 7.15. The van der Waals surface area contributed by atoms with Gasteiger partial charge in [-0.05, 0) is 50.4 Å². The number of imide groups is 1. The monoisotopic (exact) mass is 426 g/mol. The molecule has 4 amide bonds. The van der Waals surface area contributed by atoms with Gasteiger partial charge < -0.3 is 10.6 Å². The highest BCUT2D eigenvalue weighted by Crippen LogP contribution is 2.27. The van der Waals surface area contributed by atoms with Gasteiger partial charge >= 0.3 is 6.03 Å². The summed E-state index contributed by atoms with van der Waals surface area (Å²) in [6, 6.07) is 4.07. The Morgan fingerprint density at radius 1 is 1.07 bits per heavy atom. The molecule has 1 saturated carbocycles. The number of rotatable bonds is 5. The summed E-state index contributed by atoms with van der Waals surface area (Å²) in [4.78, 5) is 38.6. The summed E-state index contributed by atoms with van der Waals surface area (Å²) in [7, 11) is 0. The molecule has 1 heterocycles. The van der Waals surface area contributed by atoms with Gasteiger partial charge in [-0.25, -0.2) is 4.79 Å². The second-order valence-corrected chi connectivity index (χ2v) is 8.09. The van der Waals surface area contributed by atoms with E-state index in [0.29, 0.717) is 28.7 Å². The van der Waals surface area contributed by atoms with Crippen molar-refractivity contribution in [1.29, 1.82) is 0 Å². The average molecular weight is 427 g/mol. The Morgan fingerprint density at radius 3 is 2.54 bits per heavy atom. The molecule has 28 heavy (non-hydrogen) atoms. The number of hydrogen-bond donors (Lipinski definition) is 3. The van der Waals surface area contributed by atoms with Crippen molar-refractivity contribution in [3.63, 3.8) is 0 Å². The van der Waals surface area contributed by atoms with Crippen LogP contribution in [0.15, 0.2) is 18.2 Å². The number of halogens is 2. The van der Waals surface area contributed by atoms with Gasteiger partial charge in [-0.3, -0.25) is 19.8 Å². The number of nitrogens with one attached hydrogen (secondary N) is 3. The van der Waals surface area contributed by atoms with Crippen LogP contribution in [0.3, 0.4) is 0 Å². The summed E-state index contributed by atoms with van der Waals surface area (Å²) in [6.45, 7) is 0.606. The molecule has 1 aliphatic heterocycles. The van der Waals surface area contributed by atoms with Gasteiger partial charge in [-0.15, -0.1) is 0 Å². The first-order chi connectivity index (χ1) is 13.4. The molecule has 1 aliphatic carbocycles. The fourth-order valence-electron chi connectivity index (χ4n) is 3.76. The minimum absolute atomic E-state index is 0.00940. The van der Waals surface area contributed by atoms with Crippen molar-refractivity contribution >= 4 is 46.7 Å². The molecule has 0 radical (unpaired) electrons. The molecule has 1 saturated heterocycles. The smallest absolute Gasteiger partial charge is 0.321 e.